The number of hydrogen-bond donors (Lipinski definition) is 1. The van der Waals surface area contributed by atoms with E-state index in [1.807, 2.05) is 6.92 Å². The van der Waals surface area contributed by atoms with Gasteiger partial charge in [0.15, 0.2) is 0 Å². The van der Waals surface area contributed by atoms with Crippen LogP contribution in [0.4, 0.5) is 0 Å². The minimum atomic E-state index is -3.52. The highest BCUT2D eigenvalue weighted by molar-refractivity contribution is 7.93. The lowest BCUT2D eigenvalue weighted by atomic mass is 10.0. The standard InChI is InChI=1S/C10H22ClNO4S2/c1-3-4-10(5-6-11)9-12-18(15,16)8-7-17(2,13)14/h10,12H,3-9H2,1-2H3. The monoisotopic (exact) mass is 319 g/mol. The highest BCUT2D eigenvalue weighted by Crippen LogP contribution is 2.11. The normalized spacial score (nSPS) is 14.6. The summed E-state index contributed by atoms with van der Waals surface area (Å²) in [5, 5.41) is 0. The lowest BCUT2D eigenvalue weighted by Gasteiger charge is -2.15. The molecule has 0 radical (unpaired) electrons. The van der Waals surface area contributed by atoms with E-state index in [9.17, 15) is 16.8 Å². The SMILES string of the molecule is CCCC(CCCl)CNS(=O)(=O)CCS(C)(=O)=O. The van der Waals surface area contributed by atoms with Gasteiger partial charge < -0.3 is 0 Å². The molecule has 0 aliphatic carbocycles. The van der Waals surface area contributed by atoms with Crippen molar-refractivity contribution in [1.82, 2.24) is 4.72 Å². The summed E-state index contributed by atoms with van der Waals surface area (Å²) in [6, 6.07) is 0. The third kappa shape index (κ3) is 10.1. The van der Waals surface area contributed by atoms with Gasteiger partial charge in [0.1, 0.15) is 9.84 Å². The van der Waals surface area contributed by atoms with Crippen LogP contribution in [0.2, 0.25) is 0 Å². The summed E-state index contributed by atoms with van der Waals surface area (Å²) in [5.74, 6) is -0.0297. The molecule has 0 amide bonds. The smallest absolute Gasteiger partial charge is 0.212 e. The molecule has 0 saturated carbocycles. The van der Waals surface area contributed by atoms with Crippen molar-refractivity contribution in [2.45, 2.75) is 26.2 Å². The van der Waals surface area contributed by atoms with Crippen LogP contribution >= 0.6 is 11.6 Å². The van der Waals surface area contributed by atoms with Gasteiger partial charge in [0.25, 0.3) is 0 Å². The van der Waals surface area contributed by atoms with Gasteiger partial charge >= 0.3 is 0 Å². The number of hydrogen-bond acceptors (Lipinski definition) is 4. The van der Waals surface area contributed by atoms with E-state index in [0.29, 0.717) is 12.4 Å². The van der Waals surface area contributed by atoms with Gasteiger partial charge in [-0.15, -0.1) is 11.6 Å². The van der Waals surface area contributed by atoms with Gasteiger partial charge in [-0.2, -0.15) is 0 Å². The summed E-state index contributed by atoms with van der Waals surface area (Å²) in [7, 11) is -6.78. The summed E-state index contributed by atoms with van der Waals surface area (Å²) in [6.07, 6.45) is 3.65. The first-order valence-corrected chi connectivity index (χ1v) is 10.2. The van der Waals surface area contributed by atoms with Crippen molar-refractivity contribution in [3.05, 3.63) is 0 Å². The lowest BCUT2D eigenvalue weighted by molar-refractivity contribution is 0.457. The molecule has 0 aliphatic rings. The van der Waals surface area contributed by atoms with Crippen molar-refractivity contribution in [2.24, 2.45) is 5.92 Å². The summed E-state index contributed by atoms with van der Waals surface area (Å²) < 4.78 is 47.4. The van der Waals surface area contributed by atoms with Crippen LogP contribution in [-0.4, -0.2) is 47.0 Å². The fourth-order valence-electron chi connectivity index (χ4n) is 1.49. The predicted octanol–water partition coefficient (Wildman–Crippen LogP) is 0.996. The Hall–Kier alpha value is 0.150. The maximum absolute atomic E-state index is 11.6. The molecule has 0 spiro atoms. The van der Waals surface area contributed by atoms with Crippen molar-refractivity contribution in [2.75, 3.05) is 30.2 Å². The van der Waals surface area contributed by atoms with Crippen molar-refractivity contribution in [1.29, 1.82) is 0 Å². The van der Waals surface area contributed by atoms with E-state index in [-0.39, 0.29) is 17.4 Å². The molecule has 5 nitrogen and oxygen atoms in total. The summed E-state index contributed by atoms with van der Waals surface area (Å²) in [4.78, 5) is 0. The van der Waals surface area contributed by atoms with E-state index in [4.69, 9.17) is 11.6 Å². The van der Waals surface area contributed by atoms with E-state index >= 15 is 0 Å². The largest absolute Gasteiger partial charge is 0.229 e. The molecule has 0 aliphatic heterocycles. The number of halogens is 1. The van der Waals surface area contributed by atoms with Crippen molar-refractivity contribution < 1.29 is 16.8 Å². The van der Waals surface area contributed by atoms with E-state index in [2.05, 4.69) is 4.72 Å². The van der Waals surface area contributed by atoms with Crippen LogP contribution in [-0.2, 0) is 19.9 Å². The van der Waals surface area contributed by atoms with Crippen LogP contribution in [0.25, 0.3) is 0 Å². The third-order valence-corrected chi connectivity index (χ3v) is 5.30. The Morgan fingerprint density at radius 2 is 1.72 bits per heavy atom. The molecule has 0 rings (SSSR count). The van der Waals surface area contributed by atoms with Crippen LogP contribution in [0.15, 0.2) is 0 Å². The Morgan fingerprint density at radius 1 is 1.11 bits per heavy atom. The molecule has 1 unspecified atom stereocenters. The topological polar surface area (TPSA) is 80.3 Å². The molecule has 1 N–H and O–H groups in total. The molecule has 8 heteroatoms. The Morgan fingerprint density at radius 3 is 2.17 bits per heavy atom. The molecule has 110 valence electrons. The van der Waals surface area contributed by atoms with Gasteiger partial charge in [-0.05, 0) is 18.8 Å². The van der Waals surface area contributed by atoms with Crippen molar-refractivity contribution in [3.63, 3.8) is 0 Å². The molecule has 0 aromatic heterocycles. The molecule has 0 aromatic carbocycles. The number of alkyl halides is 1. The molecule has 0 bridgehead atoms. The maximum atomic E-state index is 11.6. The zero-order chi connectivity index (χ0) is 14.2. The van der Waals surface area contributed by atoms with Crippen LogP contribution in [0.1, 0.15) is 26.2 Å². The average molecular weight is 320 g/mol. The fraction of sp³-hybridized carbons (Fsp3) is 1.00. The molecule has 0 saturated heterocycles. The molecule has 0 fully saturated rings. The molecular weight excluding hydrogens is 298 g/mol. The minimum Gasteiger partial charge on any atom is -0.229 e. The van der Waals surface area contributed by atoms with Crippen LogP contribution in [0.5, 0.6) is 0 Å². The van der Waals surface area contributed by atoms with Gasteiger partial charge in [-0.3, -0.25) is 0 Å². The predicted molar refractivity (Wildman–Crippen MR) is 75.2 cm³/mol. The van der Waals surface area contributed by atoms with Gasteiger partial charge in [0.05, 0.1) is 11.5 Å². The Labute approximate surface area is 115 Å². The number of sulfone groups is 1. The number of rotatable bonds is 10. The summed E-state index contributed by atoms with van der Waals surface area (Å²) in [5.41, 5.74) is 0. The second-order valence-electron chi connectivity index (χ2n) is 4.43. The van der Waals surface area contributed by atoms with Gasteiger partial charge in [-0.25, -0.2) is 21.6 Å². The zero-order valence-electron chi connectivity index (χ0n) is 10.9. The van der Waals surface area contributed by atoms with E-state index < -0.39 is 19.9 Å². The van der Waals surface area contributed by atoms with E-state index in [1.54, 1.807) is 0 Å². The quantitative estimate of drug-likeness (QED) is 0.609. The molecular formula is C10H22ClNO4S2. The molecule has 1 atom stereocenters. The van der Waals surface area contributed by atoms with Crippen LogP contribution in [0.3, 0.4) is 0 Å². The highest BCUT2D eigenvalue weighted by atomic mass is 35.5. The van der Waals surface area contributed by atoms with Crippen LogP contribution in [0, 0.1) is 5.92 Å². The van der Waals surface area contributed by atoms with Gasteiger partial charge in [-0.1, -0.05) is 13.3 Å². The zero-order valence-corrected chi connectivity index (χ0v) is 13.2. The second-order valence-corrected chi connectivity index (χ2v) is 8.99. The van der Waals surface area contributed by atoms with E-state index in [1.165, 1.54) is 0 Å². The van der Waals surface area contributed by atoms with Crippen LogP contribution < -0.4 is 4.72 Å². The van der Waals surface area contributed by atoms with Gasteiger partial charge in [0.2, 0.25) is 10.0 Å². The first-order chi connectivity index (χ1) is 8.20. The number of nitrogens with one attached hydrogen (secondary N) is 1. The molecule has 0 aromatic rings. The third-order valence-electron chi connectivity index (χ3n) is 2.53. The minimum absolute atomic E-state index is 0.209. The van der Waals surface area contributed by atoms with Gasteiger partial charge in [0, 0.05) is 18.7 Å². The summed E-state index contributed by atoms with van der Waals surface area (Å²) in [6.45, 7) is 2.35. The van der Waals surface area contributed by atoms with E-state index in [0.717, 1.165) is 25.5 Å². The van der Waals surface area contributed by atoms with Crippen molar-refractivity contribution >= 4 is 31.5 Å². The Bertz CT molecular complexity index is 413. The molecule has 0 heterocycles. The maximum Gasteiger partial charge on any atom is 0.212 e. The Balaban J connectivity index is 4.23. The fourth-order valence-corrected chi connectivity index (χ4v) is 4.52. The lowest BCUT2D eigenvalue weighted by Crippen LogP contribution is -2.33. The highest BCUT2D eigenvalue weighted by Gasteiger charge is 2.16. The summed E-state index contributed by atoms with van der Waals surface area (Å²) >= 11 is 5.65. The first kappa shape index (κ1) is 18.1. The Kier molecular flexibility index (Phi) is 8.42. The average Bonchev–Trinajstić information content (AvgIpc) is 2.23. The first-order valence-electron chi connectivity index (χ1n) is 5.91. The van der Waals surface area contributed by atoms with Crippen molar-refractivity contribution in [3.8, 4) is 0 Å². The second kappa shape index (κ2) is 8.35. The molecule has 18 heavy (non-hydrogen) atoms. The number of sulfonamides is 1.